The van der Waals surface area contributed by atoms with Crippen LogP contribution >= 0.6 is 0 Å². The van der Waals surface area contributed by atoms with Crippen molar-refractivity contribution in [3.8, 4) is 0 Å². The van der Waals surface area contributed by atoms with Gasteiger partial charge in [-0.25, -0.2) is 0 Å². The molecule has 3 nitrogen and oxygen atoms in total. The SMILES string of the molecule is N.OC1CCNCC1.[Cl-].[Cl-].[Pt+2]. The molecule has 0 atom stereocenters. The average Bonchev–Trinajstić information content (AvgIpc) is 1.69. The molecule has 11 heavy (non-hydrogen) atoms. The molecular formula is C5H14Cl2N2OPt. The van der Waals surface area contributed by atoms with E-state index in [4.69, 9.17) is 5.11 Å². The van der Waals surface area contributed by atoms with E-state index in [0.29, 0.717) is 0 Å². The molecule has 0 radical (unpaired) electrons. The number of rotatable bonds is 0. The van der Waals surface area contributed by atoms with Crippen molar-refractivity contribution in [1.29, 1.82) is 0 Å². The van der Waals surface area contributed by atoms with Crippen LogP contribution in [0.3, 0.4) is 0 Å². The van der Waals surface area contributed by atoms with Gasteiger partial charge in [0.1, 0.15) is 0 Å². The number of aliphatic hydroxyl groups excluding tert-OH is 1. The Morgan fingerprint density at radius 1 is 1.09 bits per heavy atom. The van der Waals surface area contributed by atoms with Crippen molar-refractivity contribution in [2.45, 2.75) is 18.9 Å². The van der Waals surface area contributed by atoms with E-state index in [1.807, 2.05) is 0 Å². The van der Waals surface area contributed by atoms with Crippen LogP contribution in [0, 0.1) is 0 Å². The molecule has 0 aromatic carbocycles. The summed E-state index contributed by atoms with van der Waals surface area (Å²) in [5.41, 5.74) is 0. The molecule has 0 spiro atoms. The molecule has 5 N–H and O–H groups in total. The summed E-state index contributed by atoms with van der Waals surface area (Å²) < 4.78 is 0. The van der Waals surface area contributed by atoms with Gasteiger partial charge in [-0.05, 0) is 25.9 Å². The summed E-state index contributed by atoms with van der Waals surface area (Å²) in [6, 6.07) is 0. The minimum absolute atomic E-state index is 0. The molecular weight excluding hydrogens is 370 g/mol. The minimum atomic E-state index is -0.0266. The van der Waals surface area contributed by atoms with Gasteiger partial charge < -0.3 is 41.4 Å². The number of piperidine rings is 1. The third kappa shape index (κ3) is 11.1. The zero-order valence-electron chi connectivity index (χ0n) is 6.13. The van der Waals surface area contributed by atoms with Crippen molar-refractivity contribution >= 4 is 0 Å². The van der Waals surface area contributed by atoms with E-state index in [2.05, 4.69) is 5.32 Å². The second kappa shape index (κ2) is 13.7. The van der Waals surface area contributed by atoms with Crippen molar-refractivity contribution in [3.63, 3.8) is 0 Å². The Kier molecular flexibility index (Phi) is 28.4. The molecule has 0 aliphatic carbocycles. The first-order valence-corrected chi connectivity index (χ1v) is 2.78. The second-order valence-electron chi connectivity index (χ2n) is 1.98. The maximum Gasteiger partial charge on any atom is 2.00 e. The number of hydrogen-bond acceptors (Lipinski definition) is 3. The zero-order chi connectivity index (χ0) is 5.11. The number of hydrogen-bond donors (Lipinski definition) is 3. The fourth-order valence-electron chi connectivity index (χ4n) is 0.807. The van der Waals surface area contributed by atoms with Gasteiger partial charge in [0, 0.05) is 0 Å². The summed E-state index contributed by atoms with van der Waals surface area (Å²) in [7, 11) is 0. The van der Waals surface area contributed by atoms with Crippen LogP contribution in [0.15, 0.2) is 0 Å². The van der Waals surface area contributed by atoms with Gasteiger partial charge >= 0.3 is 21.1 Å². The molecule has 1 saturated heterocycles. The molecule has 0 aromatic rings. The number of nitrogens with one attached hydrogen (secondary N) is 1. The molecule has 1 heterocycles. The molecule has 1 aliphatic rings. The van der Waals surface area contributed by atoms with Crippen LogP contribution < -0.4 is 36.3 Å². The summed E-state index contributed by atoms with van der Waals surface area (Å²) in [4.78, 5) is 0. The van der Waals surface area contributed by atoms with Crippen molar-refractivity contribution in [2.75, 3.05) is 13.1 Å². The Balaban J connectivity index is -0.0000000612. The van der Waals surface area contributed by atoms with E-state index < -0.39 is 0 Å². The summed E-state index contributed by atoms with van der Waals surface area (Å²) in [5, 5.41) is 12.0. The van der Waals surface area contributed by atoms with Crippen LogP contribution in [-0.2, 0) is 21.1 Å². The van der Waals surface area contributed by atoms with E-state index in [9.17, 15) is 0 Å². The van der Waals surface area contributed by atoms with Crippen molar-refractivity contribution in [3.05, 3.63) is 0 Å². The van der Waals surface area contributed by atoms with Gasteiger partial charge in [0.15, 0.2) is 0 Å². The van der Waals surface area contributed by atoms with Crippen LogP contribution in [0.2, 0.25) is 0 Å². The summed E-state index contributed by atoms with van der Waals surface area (Å²) in [5.74, 6) is 0. The fourth-order valence-corrected chi connectivity index (χ4v) is 0.807. The standard InChI is InChI=1S/C5H11NO.2ClH.H3N.Pt/c7-5-1-3-6-4-2-5;;;;/h5-7H,1-4H2;2*1H;1H3;/q;;;;+2/p-2. The molecule has 1 rings (SSSR count). The van der Waals surface area contributed by atoms with Crippen LogP contribution in [0.1, 0.15) is 12.8 Å². The molecule has 0 saturated carbocycles. The van der Waals surface area contributed by atoms with E-state index in [-0.39, 0.29) is 58.1 Å². The van der Waals surface area contributed by atoms with Crippen LogP contribution in [-0.4, -0.2) is 24.3 Å². The van der Waals surface area contributed by atoms with Gasteiger partial charge in [0.2, 0.25) is 0 Å². The Labute approximate surface area is 94.4 Å². The number of halogens is 2. The molecule has 1 fully saturated rings. The second-order valence-corrected chi connectivity index (χ2v) is 1.98. The Bertz CT molecular complexity index is 64.4. The zero-order valence-corrected chi connectivity index (χ0v) is 9.92. The predicted molar refractivity (Wildman–Crippen MR) is 33.1 cm³/mol. The summed E-state index contributed by atoms with van der Waals surface area (Å²) in [6.45, 7) is 1.97. The van der Waals surface area contributed by atoms with E-state index >= 15 is 0 Å². The van der Waals surface area contributed by atoms with Crippen LogP contribution in [0.25, 0.3) is 0 Å². The molecule has 0 aromatic heterocycles. The largest absolute Gasteiger partial charge is 2.00 e. The first kappa shape index (κ1) is 22.7. The van der Waals surface area contributed by atoms with Gasteiger partial charge in [0.25, 0.3) is 0 Å². The molecule has 0 unspecified atom stereocenters. The van der Waals surface area contributed by atoms with Gasteiger partial charge in [-0.15, -0.1) is 0 Å². The predicted octanol–water partition coefficient (Wildman–Crippen LogP) is -6.10. The van der Waals surface area contributed by atoms with Gasteiger partial charge in [-0.1, -0.05) is 0 Å². The Hall–Kier alpha value is 1.15. The smallest absolute Gasteiger partial charge is 1.00 e. The Morgan fingerprint density at radius 3 is 1.64 bits per heavy atom. The van der Waals surface area contributed by atoms with Gasteiger partial charge in [0.05, 0.1) is 6.10 Å². The first-order chi connectivity index (χ1) is 3.39. The van der Waals surface area contributed by atoms with E-state index in [1.54, 1.807) is 0 Å². The topological polar surface area (TPSA) is 67.3 Å². The third-order valence-corrected chi connectivity index (χ3v) is 1.31. The normalized spacial score (nSPS) is 16.1. The van der Waals surface area contributed by atoms with Crippen molar-refractivity contribution < 1.29 is 51.0 Å². The van der Waals surface area contributed by atoms with Crippen LogP contribution in [0.5, 0.6) is 0 Å². The molecule has 0 bridgehead atoms. The molecule has 6 heteroatoms. The quantitative estimate of drug-likeness (QED) is 0.390. The minimum Gasteiger partial charge on any atom is -1.00 e. The monoisotopic (exact) mass is 383 g/mol. The maximum atomic E-state index is 8.87. The fraction of sp³-hybridized carbons (Fsp3) is 1.00. The van der Waals surface area contributed by atoms with Crippen LogP contribution in [0.4, 0.5) is 0 Å². The Morgan fingerprint density at radius 2 is 1.45 bits per heavy atom. The van der Waals surface area contributed by atoms with Gasteiger partial charge in [-0.2, -0.15) is 0 Å². The first-order valence-electron chi connectivity index (χ1n) is 2.78. The summed E-state index contributed by atoms with van der Waals surface area (Å²) in [6.07, 6.45) is 1.83. The van der Waals surface area contributed by atoms with E-state index in [0.717, 1.165) is 25.9 Å². The average molecular weight is 384 g/mol. The summed E-state index contributed by atoms with van der Waals surface area (Å²) >= 11 is 0. The number of aliphatic hydroxyl groups is 1. The van der Waals surface area contributed by atoms with Crippen molar-refractivity contribution in [1.82, 2.24) is 11.5 Å². The molecule has 0 amide bonds. The van der Waals surface area contributed by atoms with Crippen molar-refractivity contribution in [2.24, 2.45) is 0 Å². The molecule has 1 aliphatic heterocycles. The third-order valence-electron chi connectivity index (χ3n) is 1.31. The van der Waals surface area contributed by atoms with Gasteiger partial charge in [-0.3, -0.25) is 0 Å². The van der Waals surface area contributed by atoms with E-state index in [1.165, 1.54) is 0 Å². The maximum absolute atomic E-state index is 8.87. The molecule has 74 valence electrons.